The van der Waals surface area contributed by atoms with Crippen molar-refractivity contribution in [1.82, 2.24) is 0 Å². The summed E-state index contributed by atoms with van der Waals surface area (Å²) in [7, 11) is 0.659. The summed E-state index contributed by atoms with van der Waals surface area (Å²) in [4.78, 5) is 0. The summed E-state index contributed by atoms with van der Waals surface area (Å²) >= 11 is 0. The maximum atomic E-state index is 9.02. The van der Waals surface area contributed by atoms with Crippen molar-refractivity contribution in [1.29, 1.82) is 0 Å². The Morgan fingerprint density at radius 1 is 1.04 bits per heavy atom. The zero-order valence-corrected chi connectivity index (χ0v) is 16.4. The van der Waals surface area contributed by atoms with Crippen molar-refractivity contribution in [3.05, 3.63) is 24.3 Å². The minimum atomic E-state index is -0.341. The van der Waals surface area contributed by atoms with E-state index in [9.17, 15) is 0 Å². The van der Waals surface area contributed by atoms with E-state index >= 15 is 0 Å². The van der Waals surface area contributed by atoms with Crippen LogP contribution in [-0.4, -0.2) is 48.9 Å². The normalized spacial score (nSPS) is 19.1. The van der Waals surface area contributed by atoms with Crippen molar-refractivity contribution in [3.63, 3.8) is 0 Å². The first kappa shape index (κ1) is 22.0. The van der Waals surface area contributed by atoms with Gasteiger partial charge in [0.25, 0.3) is 0 Å². The van der Waals surface area contributed by atoms with E-state index in [0.717, 1.165) is 31.2 Å². The molecule has 0 amide bonds. The van der Waals surface area contributed by atoms with Crippen LogP contribution in [0.3, 0.4) is 0 Å². The van der Waals surface area contributed by atoms with Gasteiger partial charge in [-0.15, -0.1) is 0 Å². The number of aliphatic hydroxyl groups excluding tert-OH is 2. The highest BCUT2D eigenvalue weighted by atomic mass is 16.7. The van der Waals surface area contributed by atoms with Crippen LogP contribution in [0.1, 0.15) is 47.5 Å². The molecule has 25 heavy (non-hydrogen) atoms. The summed E-state index contributed by atoms with van der Waals surface area (Å²) in [6.45, 7) is 11.2. The van der Waals surface area contributed by atoms with Gasteiger partial charge in [-0.3, -0.25) is 0 Å². The van der Waals surface area contributed by atoms with E-state index in [1.165, 1.54) is 0 Å². The molecular formula is C19H33BO5. The Balaban J connectivity index is 0.00000151. The van der Waals surface area contributed by atoms with E-state index in [4.69, 9.17) is 24.3 Å². The van der Waals surface area contributed by atoms with Gasteiger partial charge < -0.3 is 24.3 Å². The molecule has 2 rings (SSSR count). The second-order valence-corrected chi connectivity index (χ2v) is 7.25. The number of benzene rings is 1. The van der Waals surface area contributed by atoms with Gasteiger partial charge in [-0.2, -0.15) is 0 Å². The van der Waals surface area contributed by atoms with Gasteiger partial charge in [-0.25, -0.2) is 0 Å². The van der Waals surface area contributed by atoms with Crippen LogP contribution in [-0.2, 0) is 9.31 Å². The Hall–Kier alpha value is -1.08. The van der Waals surface area contributed by atoms with Crippen LogP contribution in [0.2, 0.25) is 0 Å². The molecule has 142 valence electrons. The van der Waals surface area contributed by atoms with Crippen molar-refractivity contribution in [2.45, 2.75) is 58.7 Å². The molecule has 1 unspecified atom stereocenters. The highest BCUT2D eigenvalue weighted by Gasteiger charge is 2.51. The number of hydrogen-bond donors (Lipinski definition) is 2. The topological polar surface area (TPSA) is 68.2 Å². The lowest BCUT2D eigenvalue weighted by Crippen LogP contribution is -2.41. The molecule has 1 aromatic carbocycles. The minimum absolute atomic E-state index is 0.211. The second-order valence-electron chi connectivity index (χ2n) is 7.25. The Kier molecular flexibility index (Phi) is 8.41. The van der Waals surface area contributed by atoms with Gasteiger partial charge in [0, 0.05) is 13.7 Å². The van der Waals surface area contributed by atoms with E-state index in [1.54, 1.807) is 0 Å². The summed E-state index contributed by atoms with van der Waals surface area (Å²) in [5.74, 6) is 1.23. The van der Waals surface area contributed by atoms with Gasteiger partial charge in [0.1, 0.15) is 5.75 Å². The van der Waals surface area contributed by atoms with E-state index in [-0.39, 0.29) is 24.9 Å². The zero-order valence-electron chi connectivity index (χ0n) is 16.4. The van der Waals surface area contributed by atoms with Gasteiger partial charge in [0.15, 0.2) is 0 Å². The molecule has 2 N–H and O–H groups in total. The molecule has 1 fully saturated rings. The van der Waals surface area contributed by atoms with E-state index in [2.05, 4.69) is 34.6 Å². The molecule has 1 heterocycles. The Morgan fingerprint density at radius 2 is 1.56 bits per heavy atom. The van der Waals surface area contributed by atoms with Crippen molar-refractivity contribution >= 4 is 12.6 Å². The van der Waals surface area contributed by atoms with Crippen LogP contribution < -0.4 is 10.2 Å². The second kappa shape index (κ2) is 9.58. The van der Waals surface area contributed by atoms with Crippen molar-refractivity contribution in [2.24, 2.45) is 5.92 Å². The molecule has 0 radical (unpaired) electrons. The summed E-state index contributed by atoms with van der Waals surface area (Å²) < 4.78 is 17.9. The highest BCUT2D eigenvalue weighted by molar-refractivity contribution is 6.62. The largest absolute Gasteiger partial charge is 0.494 e. The molecule has 0 spiro atoms. The number of ether oxygens (including phenoxy) is 1. The van der Waals surface area contributed by atoms with Crippen LogP contribution >= 0.6 is 0 Å². The SMILES string of the molecule is CCC(CCO)COc1ccc(B2OC(C)(C)C(C)(C)O2)cc1.CO. The predicted molar refractivity (Wildman–Crippen MR) is 101 cm³/mol. The molecule has 1 aliphatic heterocycles. The predicted octanol–water partition coefficient (Wildman–Crippen LogP) is 2.38. The van der Waals surface area contributed by atoms with Crippen molar-refractivity contribution in [3.8, 4) is 5.75 Å². The molecule has 0 aromatic heterocycles. The van der Waals surface area contributed by atoms with E-state index < -0.39 is 0 Å². The molecule has 0 bridgehead atoms. The van der Waals surface area contributed by atoms with Gasteiger partial charge in [0.2, 0.25) is 0 Å². The fourth-order valence-electron chi connectivity index (χ4n) is 2.50. The van der Waals surface area contributed by atoms with Crippen LogP contribution in [0.4, 0.5) is 0 Å². The monoisotopic (exact) mass is 352 g/mol. The molecule has 1 atom stereocenters. The summed E-state index contributed by atoms with van der Waals surface area (Å²) in [5.41, 5.74) is 0.343. The summed E-state index contributed by atoms with van der Waals surface area (Å²) in [6.07, 6.45) is 1.79. The quantitative estimate of drug-likeness (QED) is 0.738. The molecule has 6 heteroatoms. The number of rotatable bonds is 7. The molecule has 1 aliphatic rings. The van der Waals surface area contributed by atoms with Crippen molar-refractivity contribution < 1.29 is 24.3 Å². The Morgan fingerprint density at radius 3 is 2.00 bits per heavy atom. The van der Waals surface area contributed by atoms with Crippen LogP contribution in [0.5, 0.6) is 5.75 Å². The first-order chi connectivity index (χ1) is 11.8. The third-order valence-electron chi connectivity index (χ3n) is 5.01. The first-order valence-electron chi connectivity index (χ1n) is 8.93. The standard InChI is InChI=1S/C18H29BO4.CH4O/c1-6-14(11-12-20)13-21-16-9-7-15(8-10-16)19-22-17(2,3)18(4,5)23-19;1-2/h7-10,14,20H,6,11-13H2,1-5H3;2H,1H3. The maximum absolute atomic E-state index is 9.02. The van der Waals surface area contributed by atoms with E-state index in [0.29, 0.717) is 12.5 Å². The highest BCUT2D eigenvalue weighted by Crippen LogP contribution is 2.36. The lowest BCUT2D eigenvalue weighted by molar-refractivity contribution is 0.00578. The van der Waals surface area contributed by atoms with E-state index in [1.807, 2.05) is 24.3 Å². The smallest absolute Gasteiger partial charge is 0.493 e. The van der Waals surface area contributed by atoms with Crippen molar-refractivity contribution in [2.75, 3.05) is 20.3 Å². The maximum Gasteiger partial charge on any atom is 0.494 e. The lowest BCUT2D eigenvalue weighted by atomic mass is 9.79. The molecule has 1 aromatic rings. The first-order valence-corrected chi connectivity index (χ1v) is 8.93. The molecule has 5 nitrogen and oxygen atoms in total. The summed E-state index contributed by atoms with van der Waals surface area (Å²) in [6, 6.07) is 7.88. The molecule has 1 saturated heterocycles. The lowest BCUT2D eigenvalue weighted by Gasteiger charge is -2.32. The fourth-order valence-corrected chi connectivity index (χ4v) is 2.50. The summed E-state index contributed by atoms with van der Waals surface area (Å²) in [5, 5.41) is 16.0. The van der Waals surface area contributed by atoms with Crippen LogP contribution in [0.15, 0.2) is 24.3 Å². The average molecular weight is 352 g/mol. The molecular weight excluding hydrogens is 319 g/mol. The van der Waals surface area contributed by atoms with Crippen LogP contribution in [0.25, 0.3) is 0 Å². The molecule has 0 saturated carbocycles. The average Bonchev–Trinajstić information content (AvgIpc) is 2.81. The number of hydrogen-bond acceptors (Lipinski definition) is 5. The van der Waals surface area contributed by atoms with Crippen LogP contribution in [0, 0.1) is 5.92 Å². The van der Waals surface area contributed by atoms with Gasteiger partial charge in [-0.1, -0.05) is 19.1 Å². The molecule has 0 aliphatic carbocycles. The Labute approximate surface area is 152 Å². The third kappa shape index (κ3) is 5.71. The zero-order chi connectivity index (χ0) is 19.1. The van der Waals surface area contributed by atoms with Gasteiger partial charge in [-0.05, 0) is 64.1 Å². The third-order valence-corrected chi connectivity index (χ3v) is 5.01. The minimum Gasteiger partial charge on any atom is -0.493 e. The van der Waals surface area contributed by atoms with Gasteiger partial charge >= 0.3 is 7.12 Å². The number of aliphatic hydroxyl groups is 2. The fraction of sp³-hybridized carbons (Fsp3) is 0.684. The Bertz CT molecular complexity index is 485. The van der Waals surface area contributed by atoms with Gasteiger partial charge in [0.05, 0.1) is 17.8 Å².